The van der Waals surface area contributed by atoms with Crippen LogP contribution in [0.4, 0.5) is 26.3 Å². The average molecular weight is 320 g/mol. The topological polar surface area (TPSA) is 46.5 Å². The van der Waals surface area contributed by atoms with Gasteiger partial charge in [-0.25, -0.2) is 4.79 Å². The lowest BCUT2D eigenvalue weighted by atomic mass is 9.79. The largest absolute Gasteiger partial charge is 0.452 e. The lowest BCUT2D eigenvalue weighted by molar-refractivity contribution is -0.411. The maximum atomic E-state index is 13.0. The van der Waals surface area contributed by atoms with Crippen LogP contribution in [0.2, 0.25) is 0 Å². The molecular formula is C12H14F6O3. The van der Waals surface area contributed by atoms with E-state index in [1.54, 1.807) is 0 Å². The van der Waals surface area contributed by atoms with Crippen molar-refractivity contribution in [3.8, 4) is 0 Å². The van der Waals surface area contributed by atoms with Crippen LogP contribution in [0.15, 0.2) is 12.2 Å². The van der Waals surface area contributed by atoms with Crippen LogP contribution in [0.3, 0.4) is 0 Å². The fourth-order valence-electron chi connectivity index (χ4n) is 2.43. The van der Waals surface area contributed by atoms with E-state index >= 15 is 0 Å². The summed E-state index contributed by atoms with van der Waals surface area (Å²) in [6.07, 6.45) is -13.6. The summed E-state index contributed by atoms with van der Waals surface area (Å²) in [5.41, 5.74) is -8.55. The van der Waals surface area contributed by atoms with E-state index in [9.17, 15) is 36.2 Å². The Balaban J connectivity index is 3.41. The van der Waals surface area contributed by atoms with E-state index in [0.717, 1.165) is 6.92 Å². The minimum atomic E-state index is -6.04. The lowest BCUT2D eigenvalue weighted by Crippen LogP contribution is -2.71. The van der Waals surface area contributed by atoms with Crippen LogP contribution in [0.25, 0.3) is 0 Å². The van der Waals surface area contributed by atoms with Crippen LogP contribution >= 0.6 is 0 Å². The molecule has 0 aliphatic heterocycles. The number of rotatable bonds is 3. The van der Waals surface area contributed by atoms with Gasteiger partial charge in [-0.15, -0.1) is 0 Å². The Hall–Kier alpha value is -1.25. The number of hydrogen-bond acceptors (Lipinski definition) is 3. The summed E-state index contributed by atoms with van der Waals surface area (Å²) < 4.78 is 82.2. The Labute approximate surface area is 116 Å². The molecule has 1 saturated carbocycles. The molecule has 1 aliphatic carbocycles. The van der Waals surface area contributed by atoms with Crippen molar-refractivity contribution in [2.45, 2.75) is 56.2 Å². The molecule has 0 aromatic heterocycles. The quantitative estimate of drug-likeness (QED) is 0.493. The molecule has 0 bridgehead atoms. The second kappa shape index (κ2) is 5.19. The van der Waals surface area contributed by atoms with Crippen molar-refractivity contribution in [2.75, 3.05) is 0 Å². The third-order valence-electron chi connectivity index (χ3n) is 3.53. The van der Waals surface area contributed by atoms with Crippen molar-refractivity contribution in [1.82, 2.24) is 0 Å². The first kappa shape index (κ1) is 17.8. The number of hydrogen-bond donors (Lipinski definition) is 1. The highest BCUT2D eigenvalue weighted by atomic mass is 19.4. The van der Waals surface area contributed by atoms with Gasteiger partial charge in [-0.2, -0.15) is 26.3 Å². The molecule has 1 fully saturated rings. The highest BCUT2D eigenvalue weighted by Crippen LogP contribution is 2.56. The van der Waals surface area contributed by atoms with Gasteiger partial charge in [0.25, 0.3) is 5.60 Å². The first-order valence-corrected chi connectivity index (χ1v) is 6.03. The van der Waals surface area contributed by atoms with Gasteiger partial charge < -0.3 is 9.84 Å². The smallest absolute Gasteiger partial charge is 0.430 e. The maximum absolute atomic E-state index is 13.0. The van der Waals surface area contributed by atoms with Crippen LogP contribution in [-0.2, 0) is 9.53 Å². The van der Waals surface area contributed by atoms with Gasteiger partial charge in [0.2, 0.25) is 0 Å². The van der Waals surface area contributed by atoms with E-state index in [1.165, 1.54) is 0 Å². The second-order valence-corrected chi connectivity index (χ2v) is 5.08. The first-order valence-electron chi connectivity index (χ1n) is 6.03. The van der Waals surface area contributed by atoms with Crippen molar-refractivity contribution < 1.29 is 41.0 Å². The van der Waals surface area contributed by atoms with Crippen LogP contribution in [-0.4, -0.2) is 34.6 Å². The molecule has 0 radical (unpaired) electrons. The van der Waals surface area contributed by atoms with Gasteiger partial charge in [0.05, 0.1) is 0 Å². The van der Waals surface area contributed by atoms with Gasteiger partial charge in [-0.05, 0) is 32.6 Å². The van der Waals surface area contributed by atoms with Crippen LogP contribution < -0.4 is 0 Å². The molecule has 0 aromatic carbocycles. The number of aliphatic hydroxyl groups is 1. The molecule has 0 heterocycles. The Morgan fingerprint density at radius 1 is 1.10 bits per heavy atom. The fraction of sp³-hybridized carbons (Fsp3) is 0.750. The summed E-state index contributed by atoms with van der Waals surface area (Å²) in [6, 6.07) is 0. The minimum absolute atomic E-state index is 0.0298. The van der Waals surface area contributed by atoms with E-state index in [4.69, 9.17) is 0 Å². The molecule has 1 N–H and O–H groups in total. The molecule has 1 rings (SSSR count). The van der Waals surface area contributed by atoms with E-state index in [2.05, 4.69) is 11.3 Å². The summed E-state index contributed by atoms with van der Waals surface area (Å²) in [6.45, 7) is 4.20. The minimum Gasteiger partial charge on any atom is -0.452 e. The zero-order chi connectivity index (χ0) is 16.7. The number of alkyl halides is 6. The molecule has 0 amide bonds. The van der Waals surface area contributed by atoms with Gasteiger partial charge in [0.15, 0.2) is 5.60 Å². The number of ether oxygens (including phenoxy) is 1. The SMILES string of the molecule is C=C(C)C(=O)OC1(C(O)(C(F)(F)F)C(F)(F)F)CCCC1. The average Bonchev–Trinajstić information content (AvgIpc) is 2.74. The van der Waals surface area contributed by atoms with Crippen molar-refractivity contribution in [3.05, 3.63) is 12.2 Å². The summed E-state index contributed by atoms with van der Waals surface area (Å²) in [5, 5.41) is 9.51. The number of carbonyl (C=O) groups excluding carboxylic acids is 1. The first-order chi connectivity index (χ1) is 9.28. The molecule has 3 nitrogen and oxygen atoms in total. The predicted molar refractivity (Wildman–Crippen MR) is 59.2 cm³/mol. The second-order valence-electron chi connectivity index (χ2n) is 5.08. The number of halogens is 6. The van der Waals surface area contributed by atoms with Gasteiger partial charge in [-0.3, -0.25) is 0 Å². The molecule has 0 unspecified atom stereocenters. The maximum Gasteiger partial charge on any atom is 0.430 e. The van der Waals surface area contributed by atoms with Crippen molar-refractivity contribution in [3.63, 3.8) is 0 Å². The number of carbonyl (C=O) groups is 1. The van der Waals surface area contributed by atoms with E-state index in [-0.39, 0.29) is 18.4 Å². The summed E-state index contributed by atoms with van der Waals surface area (Å²) in [7, 11) is 0. The molecule has 0 spiro atoms. The van der Waals surface area contributed by atoms with Crippen molar-refractivity contribution in [2.24, 2.45) is 0 Å². The molecule has 1 aliphatic rings. The third kappa shape index (κ3) is 2.75. The zero-order valence-corrected chi connectivity index (χ0v) is 11.1. The molecule has 21 heavy (non-hydrogen) atoms. The standard InChI is InChI=1S/C12H14F6O3/c1-7(2)8(19)21-9(5-3-4-6-9)10(20,11(13,14)15)12(16,17)18/h20H,1,3-6H2,2H3. The fourth-order valence-corrected chi connectivity index (χ4v) is 2.43. The zero-order valence-electron chi connectivity index (χ0n) is 11.1. The Bertz CT molecular complexity index is 417. The highest BCUT2D eigenvalue weighted by Gasteiger charge is 2.81. The van der Waals surface area contributed by atoms with E-state index in [1.807, 2.05) is 0 Å². The van der Waals surface area contributed by atoms with Gasteiger partial charge in [0, 0.05) is 5.57 Å². The molecule has 0 saturated heterocycles. The van der Waals surface area contributed by atoms with Crippen molar-refractivity contribution in [1.29, 1.82) is 0 Å². The van der Waals surface area contributed by atoms with Crippen LogP contribution in [0.1, 0.15) is 32.6 Å². The molecule has 0 aromatic rings. The molecule has 122 valence electrons. The highest BCUT2D eigenvalue weighted by molar-refractivity contribution is 5.87. The normalized spacial score (nSPS) is 19.4. The summed E-state index contributed by atoms with van der Waals surface area (Å²) in [5.74, 6) is -1.40. The third-order valence-corrected chi connectivity index (χ3v) is 3.53. The molecule has 9 heteroatoms. The van der Waals surface area contributed by atoms with Crippen LogP contribution in [0, 0.1) is 0 Å². The van der Waals surface area contributed by atoms with Gasteiger partial charge in [-0.1, -0.05) is 6.58 Å². The Morgan fingerprint density at radius 2 is 1.48 bits per heavy atom. The summed E-state index contributed by atoms with van der Waals surface area (Å²) >= 11 is 0. The molecule has 0 atom stereocenters. The van der Waals surface area contributed by atoms with Gasteiger partial charge >= 0.3 is 18.3 Å². The monoisotopic (exact) mass is 320 g/mol. The van der Waals surface area contributed by atoms with Crippen LogP contribution in [0.5, 0.6) is 0 Å². The van der Waals surface area contributed by atoms with Crippen molar-refractivity contribution >= 4 is 5.97 Å². The van der Waals surface area contributed by atoms with Gasteiger partial charge in [0.1, 0.15) is 0 Å². The lowest BCUT2D eigenvalue weighted by Gasteiger charge is -2.45. The Morgan fingerprint density at radius 3 is 1.76 bits per heavy atom. The predicted octanol–water partition coefficient (Wildman–Crippen LogP) is 3.27. The molecular weight excluding hydrogens is 306 g/mol. The van der Waals surface area contributed by atoms with E-state index < -0.39 is 42.4 Å². The van der Waals surface area contributed by atoms with E-state index in [0.29, 0.717) is 0 Å². The Kier molecular flexibility index (Phi) is 4.40. The summed E-state index contributed by atoms with van der Waals surface area (Å²) in [4.78, 5) is 11.4. The number of esters is 1.